The first-order valence-electron chi connectivity index (χ1n) is 19.9. The zero-order valence-corrected chi connectivity index (χ0v) is 34.3. The number of nitrogens with one attached hydrogen (secondary N) is 4. The van der Waals surface area contributed by atoms with Crippen LogP contribution in [0.3, 0.4) is 0 Å². The van der Waals surface area contributed by atoms with Gasteiger partial charge in [-0.15, -0.1) is 0 Å². The molecule has 11 nitrogen and oxygen atoms in total. The predicted octanol–water partition coefficient (Wildman–Crippen LogP) is 6.58. The highest BCUT2D eigenvalue weighted by atomic mass is 32.2. The monoisotopic (exact) mass is 748 g/mol. The maximum atomic E-state index is 12.4. The minimum atomic E-state index is -0.140. The average Bonchev–Trinajstić information content (AvgIpc) is 3.50. The number of aromatic amines is 1. The summed E-state index contributed by atoms with van der Waals surface area (Å²) in [5.74, 6) is 0.827. The number of anilines is 1. The summed E-state index contributed by atoms with van der Waals surface area (Å²) in [6.45, 7) is 14.4. The number of hydrogen-bond acceptors (Lipinski definition) is 7. The van der Waals surface area contributed by atoms with E-state index in [9.17, 15) is 24.3 Å². The highest BCUT2D eigenvalue weighted by Gasteiger charge is 2.26. The summed E-state index contributed by atoms with van der Waals surface area (Å²) in [6.07, 6.45) is 13.8. The molecule has 0 atom stereocenters. The second-order valence-electron chi connectivity index (χ2n) is 13.3. The number of fused-ring (bicyclic) bond motifs is 1. The summed E-state index contributed by atoms with van der Waals surface area (Å²) in [6, 6.07) is 3.83. The van der Waals surface area contributed by atoms with Gasteiger partial charge in [0.15, 0.2) is 0 Å². The average molecular weight is 748 g/mol. The van der Waals surface area contributed by atoms with E-state index in [4.69, 9.17) is 0 Å². The maximum Gasteiger partial charge on any atom is 0.228 e. The van der Waals surface area contributed by atoms with Gasteiger partial charge in [-0.1, -0.05) is 53.9 Å². The molecule has 0 aliphatic carbocycles. The normalized spacial score (nSPS) is 12.7. The fourth-order valence-electron chi connectivity index (χ4n) is 6.34. The molecular weight excluding hydrogens is 677 g/mol. The third-order valence-corrected chi connectivity index (χ3v) is 9.84. The lowest BCUT2D eigenvalue weighted by Gasteiger charge is -2.34. The van der Waals surface area contributed by atoms with Crippen LogP contribution in [0.1, 0.15) is 130 Å². The number of imide groups is 1. The molecule has 4 amide bonds. The molecule has 12 heteroatoms. The van der Waals surface area contributed by atoms with Crippen LogP contribution < -0.4 is 20.9 Å². The molecule has 0 unspecified atom stereocenters. The molecule has 1 saturated heterocycles. The van der Waals surface area contributed by atoms with Gasteiger partial charge < -0.3 is 30.9 Å². The van der Waals surface area contributed by atoms with Gasteiger partial charge in [-0.2, -0.15) is 0 Å². The molecular formula is C40H71N6O5S+. The fraction of sp³-hybridized carbons (Fsp3) is 0.700. The number of aromatic hydroxyl groups is 1. The number of rotatable bonds is 22. The molecule has 2 aromatic rings. The summed E-state index contributed by atoms with van der Waals surface area (Å²) in [7, 11) is 1.95. The first kappa shape index (κ1) is 46.8. The molecule has 52 heavy (non-hydrogen) atoms. The van der Waals surface area contributed by atoms with Gasteiger partial charge in [0.1, 0.15) is 17.7 Å². The standard InChI is InChI=1S/C35H56N6O5S.C3H8.C2H6/c1-4-11-32(46)41(25-42)21-10-6-8-13-30(44)37-19-9-5-7-12-31(45)38-20-16-26-17-22-40(23-18-26)34-29(43)15-14-27-28(24-36-2)35(47-3)39-33(27)34;1-3-2;1-2/h14-15,25-26,36,39,43H,4-13,16-24H2,1-3H3,(H,37,44)(H,38,45);3H2,1-2H3;1-2H3/p+1. The summed E-state index contributed by atoms with van der Waals surface area (Å²) < 4.78 is 0. The van der Waals surface area contributed by atoms with E-state index in [1.807, 2.05) is 40.0 Å². The van der Waals surface area contributed by atoms with Crippen LogP contribution in [-0.2, 0) is 37.5 Å². The molecule has 1 aromatic carbocycles. The van der Waals surface area contributed by atoms with Crippen molar-refractivity contribution in [3.05, 3.63) is 17.7 Å². The summed E-state index contributed by atoms with van der Waals surface area (Å²) in [5.41, 5.74) is 3.17. The number of phenols is 1. The van der Waals surface area contributed by atoms with Gasteiger partial charge >= 0.3 is 0 Å². The Labute approximate surface area is 318 Å². The topological polar surface area (TPSA) is 147 Å². The predicted molar refractivity (Wildman–Crippen MR) is 218 cm³/mol. The summed E-state index contributed by atoms with van der Waals surface area (Å²) in [5, 5.41) is 22.4. The van der Waals surface area contributed by atoms with E-state index in [2.05, 4.69) is 45.9 Å². The van der Waals surface area contributed by atoms with E-state index in [1.165, 1.54) is 33.7 Å². The lowest BCUT2D eigenvalue weighted by Crippen LogP contribution is -2.35. The summed E-state index contributed by atoms with van der Waals surface area (Å²) in [4.78, 5) is 54.4. The SMILES string of the molecule is CC.CCC.CCCC(=O)N(C=O)CCCCCC(=O)NCCCCCC(=O)NCCC1CCN(c2c(O)ccc3c(CNC)c([SH+]C)[nH]c23)CC1. The van der Waals surface area contributed by atoms with Crippen molar-refractivity contribution in [2.75, 3.05) is 50.9 Å². The van der Waals surface area contributed by atoms with E-state index in [0.717, 1.165) is 94.0 Å². The third kappa shape index (κ3) is 16.6. The molecule has 296 valence electrons. The molecule has 0 radical (unpaired) electrons. The number of aromatic nitrogens is 1. The van der Waals surface area contributed by atoms with Gasteiger partial charge in [-0.3, -0.25) is 24.1 Å². The Balaban J connectivity index is 0.00000256. The van der Waals surface area contributed by atoms with Crippen LogP contribution in [0.5, 0.6) is 5.75 Å². The van der Waals surface area contributed by atoms with Crippen molar-refractivity contribution in [3.63, 3.8) is 0 Å². The number of thiol groups is 1. The smallest absolute Gasteiger partial charge is 0.228 e. The summed E-state index contributed by atoms with van der Waals surface area (Å²) >= 11 is 1.17. The Morgan fingerprint density at radius 1 is 0.942 bits per heavy atom. The van der Waals surface area contributed by atoms with Gasteiger partial charge in [-0.05, 0) is 76.5 Å². The maximum absolute atomic E-state index is 12.4. The number of piperidine rings is 1. The molecule has 1 aromatic heterocycles. The first-order valence-corrected chi connectivity index (χ1v) is 21.2. The van der Waals surface area contributed by atoms with E-state index in [1.54, 1.807) is 0 Å². The van der Waals surface area contributed by atoms with Crippen molar-refractivity contribution in [1.29, 1.82) is 0 Å². The van der Waals surface area contributed by atoms with Gasteiger partial charge in [-0.25, -0.2) is 0 Å². The van der Waals surface area contributed by atoms with Crippen molar-refractivity contribution >= 4 is 52.5 Å². The molecule has 1 aliphatic heterocycles. The zero-order chi connectivity index (χ0) is 38.7. The van der Waals surface area contributed by atoms with E-state index < -0.39 is 0 Å². The number of carbonyl (C=O) groups excluding carboxylic acids is 4. The zero-order valence-electron chi connectivity index (χ0n) is 33.4. The van der Waals surface area contributed by atoms with E-state index in [-0.39, 0.29) is 17.7 Å². The van der Waals surface area contributed by atoms with Gasteiger partial charge in [0, 0.05) is 81.2 Å². The fourth-order valence-corrected chi connectivity index (χ4v) is 7.03. The van der Waals surface area contributed by atoms with Crippen LogP contribution in [0.4, 0.5) is 5.69 Å². The Bertz CT molecular complexity index is 1310. The Hall–Kier alpha value is -3.25. The lowest BCUT2D eigenvalue weighted by molar-refractivity contribution is -0.138. The molecule has 3 rings (SSSR count). The molecule has 0 bridgehead atoms. The highest BCUT2D eigenvalue weighted by Crippen LogP contribution is 2.40. The van der Waals surface area contributed by atoms with Crippen molar-refractivity contribution in [3.8, 4) is 5.75 Å². The number of carbonyl (C=O) groups is 4. The molecule has 2 heterocycles. The number of nitrogens with zero attached hydrogens (tertiary/aromatic N) is 2. The van der Waals surface area contributed by atoms with E-state index in [0.29, 0.717) is 63.4 Å². The van der Waals surface area contributed by atoms with Gasteiger partial charge in [0.25, 0.3) is 0 Å². The number of hydrogen-bond donors (Lipinski definition) is 5. The third-order valence-electron chi connectivity index (χ3n) is 9.01. The Morgan fingerprint density at radius 2 is 1.56 bits per heavy atom. The van der Waals surface area contributed by atoms with Gasteiger partial charge in [0.2, 0.25) is 29.2 Å². The van der Waals surface area contributed by atoms with Crippen LogP contribution in [0.15, 0.2) is 17.2 Å². The largest absolute Gasteiger partial charge is 0.506 e. The minimum absolute atomic E-state index is 0.0185. The van der Waals surface area contributed by atoms with Crippen LogP contribution >= 0.6 is 0 Å². The van der Waals surface area contributed by atoms with Gasteiger partial charge in [0.05, 0.1) is 5.52 Å². The van der Waals surface area contributed by atoms with Crippen LogP contribution in [0.2, 0.25) is 0 Å². The Morgan fingerprint density at radius 3 is 2.13 bits per heavy atom. The number of unbranched alkanes of at least 4 members (excludes halogenated alkanes) is 4. The second-order valence-corrected chi connectivity index (χ2v) is 14.1. The number of H-pyrrole nitrogens is 1. The van der Waals surface area contributed by atoms with Crippen molar-refractivity contribution < 1.29 is 24.3 Å². The van der Waals surface area contributed by atoms with E-state index >= 15 is 0 Å². The molecule has 0 saturated carbocycles. The number of benzene rings is 1. The lowest BCUT2D eigenvalue weighted by atomic mass is 9.93. The number of phenolic OH excluding ortho intramolecular Hbond substituents is 1. The van der Waals surface area contributed by atoms with Crippen molar-refractivity contribution in [2.24, 2.45) is 5.92 Å². The quantitative estimate of drug-likeness (QED) is 0.0396. The molecule has 1 fully saturated rings. The Kier molecular flexibility index (Phi) is 25.4. The minimum Gasteiger partial charge on any atom is -0.506 e. The molecule has 1 aliphatic rings. The van der Waals surface area contributed by atoms with Crippen LogP contribution in [0.25, 0.3) is 10.9 Å². The van der Waals surface area contributed by atoms with Crippen LogP contribution in [0, 0.1) is 5.92 Å². The molecule has 5 N–H and O–H groups in total. The second kappa shape index (κ2) is 28.3. The number of amides is 4. The molecule has 0 spiro atoms. The van der Waals surface area contributed by atoms with Crippen molar-refractivity contribution in [2.45, 2.75) is 136 Å². The first-order chi connectivity index (χ1) is 25.2. The highest BCUT2D eigenvalue weighted by molar-refractivity contribution is 7.77. The van der Waals surface area contributed by atoms with Crippen LogP contribution in [-0.4, -0.2) is 85.1 Å². The van der Waals surface area contributed by atoms with Crippen molar-refractivity contribution in [1.82, 2.24) is 25.8 Å².